The predicted molar refractivity (Wildman–Crippen MR) is 80.0 cm³/mol. The number of aliphatic hydroxyl groups is 1. The standard InChI is InChI=1S/C17H24O4/c1-20-15-9-7-14(8-10-15)12-21-17(19)16(18)11-13-5-3-2-4-6-13/h7-10,13,16,18H,2-6,11-12H2,1H3. The van der Waals surface area contributed by atoms with Gasteiger partial charge in [-0.25, -0.2) is 4.79 Å². The van der Waals surface area contributed by atoms with E-state index >= 15 is 0 Å². The number of esters is 1. The third-order valence-corrected chi connectivity index (χ3v) is 4.09. The number of carbonyl (C=O) groups is 1. The summed E-state index contributed by atoms with van der Waals surface area (Å²) in [4.78, 5) is 11.8. The lowest BCUT2D eigenvalue weighted by Crippen LogP contribution is -2.26. The first-order valence-electron chi connectivity index (χ1n) is 7.66. The molecule has 0 aromatic heterocycles. The maximum absolute atomic E-state index is 11.8. The van der Waals surface area contributed by atoms with Gasteiger partial charge in [0.2, 0.25) is 0 Å². The molecule has 0 aliphatic heterocycles. The number of methoxy groups -OCH3 is 1. The van der Waals surface area contributed by atoms with Gasteiger partial charge in [0.15, 0.2) is 6.10 Å². The number of ether oxygens (including phenoxy) is 2. The highest BCUT2D eigenvalue weighted by atomic mass is 16.5. The first kappa shape index (κ1) is 15.8. The van der Waals surface area contributed by atoms with Crippen LogP contribution in [0.25, 0.3) is 0 Å². The highest BCUT2D eigenvalue weighted by Crippen LogP contribution is 2.27. The van der Waals surface area contributed by atoms with Crippen LogP contribution in [-0.4, -0.2) is 24.3 Å². The fourth-order valence-corrected chi connectivity index (χ4v) is 2.81. The average Bonchev–Trinajstić information content (AvgIpc) is 2.54. The van der Waals surface area contributed by atoms with Crippen LogP contribution in [0.5, 0.6) is 5.75 Å². The second-order valence-electron chi connectivity index (χ2n) is 5.71. The Morgan fingerprint density at radius 1 is 1.24 bits per heavy atom. The van der Waals surface area contributed by atoms with Crippen molar-refractivity contribution in [1.29, 1.82) is 0 Å². The number of benzene rings is 1. The van der Waals surface area contributed by atoms with Gasteiger partial charge in [0.1, 0.15) is 12.4 Å². The molecule has 4 heteroatoms. The summed E-state index contributed by atoms with van der Waals surface area (Å²) in [6.07, 6.45) is 5.45. The minimum absolute atomic E-state index is 0.185. The Bertz CT molecular complexity index is 435. The van der Waals surface area contributed by atoms with Gasteiger partial charge in [-0.1, -0.05) is 44.2 Å². The molecule has 0 bridgehead atoms. The van der Waals surface area contributed by atoms with Crippen LogP contribution < -0.4 is 4.74 Å². The van der Waals surface area contributed by atoms with Gasteiger partial charge in [-0.05, 0) is 30.0 Å². The fourth-order valence-electron chi connectivity index (χ4n) is 2.81. The highest BCUT2D eigenvalue weighted by Gasteiger charge is 2.23. The van der Waals surface area contributed by atoms with E-state index in [0.29, 0.717) is 12.3 Å². The molecule has 1 unspecified atom stereocenters. The molecule has 1 fully saturated rings. The van der Waals surface area contributed by atoms with Crippen LogP contribution in [0.1, 0.15) is 44.1 Å². The summed E-state index contributed by atoms with van der Waals surface area (Å²) in [6, 6.07) is 7.34. The van der Waals surface area contributed by atoms with Crippen LogP contribution in [0.15, 0.2) is 24.3 Å². The molecule has 1 atom stereocenters. The van der Waals surface area contributed by atoms with Gasteiger partial charge in [-0.2, -0.15) is 0 Å². The molecular weight excluding hydrogens is 268 g/mol. The van der Waals surface area contributed by atoms with E-state index in [1.54, 1.807) is 7.11 Å². The van der Waals surface area contributed by atoms with Crippen LogP contribution in [0.2, 0.25) is 0 Å². The number of rotatable bonds is 6. The first-order chi connectivity index (χ1) is 10.2. The number of aliphatic hydroxyl groups excluding tert-OH is 1. The smallest absolute Gasteiger partial charge is 0.335 e. The zero-order chi connectivity index (χ0) is 15.1. The molecule has 21 heavy (non-hydrogen) atoms. The van der Waals surface area contributed by atoms with Crippen molar-refractivity contribution in [1.82, 2.24) is 0 Å². The van der Waals surface area contributed by atoms with Crippen molar-refractivity contribution in [2.45, 2.75) is 51.2 Å². The Morgan fingerprint density at radius 2 is 1.90 bits per heavy atom. The summed E-state index contributed by atoms with van der Waals surface area (Å²) in [5.74, 6) is 0.709. The number of carbonyl (C=O) groups excluding carboxylic acids is 1. The maximum atomic E-state index is 11.8. The third kappa shape index (κ3) is 5.05. The summed E-state index contributed by atoms with van der Waals surface area (Å²) < 4.78 is 10.2. The second kappa shape index (κ2) is 8.03. The highest BCUT2D eigenvalue weighted by molar-refractivity contribution is 5.74. The fraction of sp³-hybridized carbons (Fsp3) is 0.588. The van der Waals surface area contributed by atoms with Crippen molar-refractivity contribution in [3.05, 3.63) is 29.8 Å². The van der Waals surface area contributed by atoms with E-state index in [1.807, 2.05) is 24.3 Å². The van der Waals surface area contributed by atoms with E-state index in [0.717, 1.165) is 24.2 Å². The zero-order valence-corrected chi connectivity index (χ0v) is 12.6. The van der Waals surface area contributed by atoms with Crippen LogP contribution in [0.4, 0.5) is 0 Å². The molecule has 0 radical (unpaired) electrons. The molecule has 1 aromatic rings. The molecule has 4 nitrogen and oxygen atoms in total. The quantitative estimate of drug-likeness (QED) is 0.819. The van der Waals surface area contributed by atoms with Crippen molar-refractivity contribution < 1.29 is 19.4 Å². The minimum atomic E-state index is -0.994. The third-order valence-electron chi connectivity index (χ3n) is 4.09. The van der Waals surface area contributed by atoms with E-state index in [2.05, 4.69) is 0 Å². The van der Waals surface area contributed by atoms with E-state index in [9.17, 15) is 9.90 Å². The molecular formula is C17H24O4. The first-order valence-corrected chi connectivity index (χ1v) is 7.66. The normalized spacial score (nSPS) is 17.2. The number of hydrogen-bond donors (Lipinski definition) is 1. The van der Waals surface area contributed by atoms with Crippen LogP contribution in [0, 0.1) is 5.92 Å². The second-order valence-corrected chi connectivity index (χ2v) is 5.71. The van der Waals surface area contributed by atoms with E-state index < -0.39 is 12.1 Å². The molecule has 1 aliphatic rings. The van der Waals surface area contributed by atoms with Crippen molar-refractivity contribution >= 4 is 5.97 Å². The number of hydrogen-bond acceptors (Lipinski definition) is 4. The molecule has 0 spiro atoms. The van der Waals surface area contributed by atoms with Gasteiger partial charge < -0.3 is 14.6 Å². The Labute approximate surface area is 126 Å². The van der Waals surface area contributed by atoms with E-state index in [1.165, 1.54) is 19.3 Å². The zero-order valence-electron chi connectivity index (χ0n) is 12.6. The molecule has 0 heterocycles. The Hall–Kier alpha value is -1.55. The van der Waals surface area contributed by atoms with Crippen LogP contribution in [-0.2, 0) is 16.1 Å². The minimum Gasteiger partial charge on any atom is -0.497 e. The Kier molecular flexibility index (Phi) is 6.05. The predicted octanol–water partition coefficient (Wildman–Crippen LogP) is 3.07. The van der Waals surface area contributed by atoms with Gasteiger partial charge in [0.25, 0.3) is 0 Å². The summed E-state index contributed by atoms with van der Waals surface area (Å²) in [7, 11) is 1.61. The van der Waals surface area contributed by atoms with E-state index in [-0.39, 0.29) is 6.61 Å². The van der Waals surface area contributed by atoms with Crippen molar-refractivity contribution in [3.8, 4) is 5.75 Å². The lowest BCUT2D eigenvalue weighted by atomic mass is 9.85. The molecule has 1 aromatic carbocycles. The SMILES string of the molecule is COc1ccc(COC(=O)C(O)CC2CCCCC2)cc1. The van der Waals surface area contributed by atoms with Crippen molar-refractivity contribution in [2.24, 2.45) is 5.92 Å². The monoisotopic (exact) mass is 292 g/mol. The van der Waals surface area contributed by atoms with Crippen molar-refractivity contribution in [2.75, 3.05) is 7.11 Å². The summed E-state index contributed by atoms with van der Waals surface area (Å²) in [5.41, 5.74) is 0.883. The van der Waals surface area contributed by atoms with Crippen LogP contribution >= 0.6 is 0 Å². The summed E-state index contributed by atoms with van der Waals surface area (Å²) in [5, 5.41) is 9.94. The molecule has 1 aliphatic carbocycles. The van der Waals surface area contributed by atoms with Gasteiger partial charge >= 0.3 is 5.97 Å². The maximum Gasteiger partial charge on any atom is 0.335 e. The van der Waals surface area contributed by atoms with E-state index in [4.69, 9.17) is 9.47 Å². The van der Waals surface area contributed by atoms with Gasteiger partial charge in [0, 0.05) is 0 Å². The summed E-state index contributed by atoms with van der Waals surface area (Å²) >= 11 is 0. The molecule has 2 rings (SSSR count). The molecule has 1 saturated carbocycles. The molecule has 1 N–H and O–H groups in total. The molecule has 0 saturated heterocycles. The van der Waals surface area contributed by atoms with Gasteiger partial charge in [-0.15, -0.1) is 0 Å². The van der Waals surface area contributed by atoms with Crippen molar-refractivity contribution in [3.63, 3.8) is 0 Å². The Balaban J connectivity index is 1.74. The van der Waals surface area contributed by atoms with Gasteiger partial charge in [-0.3, -0.25) is 0 Å². The van der Waals surface area contributed by atoms with Crippen LogP contribution in [0.3, 0.4) is 0 Å². The average molecular weight is 292 g/mol. The lowest BCUT2D eigenvalue weighted by molar-refractivity contribution is -0.156. The lowest BCUT2D eigenvalue weighted by Gasteiger charge is -2.23. The molecule has 116 valence electrons. The molecule has 0 amide bonds. The largest absolute Gasteiger partial charge is 0.497 e. The van der Waals surface area contributed by atoms with Gasteiger partial charge in [0.05, 0.1) is 7.11 Å². The Morgan fingerprint density at radius 3 is 2.52 bits per heavy atom. The summed E-state index contributed by atoms with van der Waals surface area (Å²) in [6.45, 7) is 0.185. The topological polar surface area (TPSA) is 55.8 Å².